The van der Waals surface area contributed by atoms with Crippen molar-refractivity contribution < 1.29 is 5.11 Å². The Balaban J connectivity index is 2.00. The Morgan fingerprint density at radius 1 is 1.14 bits per heavy atom. The second-order valence-corrected chi connectivity index (χ2v) is 8.69. The van der Waals surface area contributed by atoms with Crippen LogP contribution in [0.4, 0.5) is 0 Å². The van der Waals surface area contributed by atoms with Gasteiger partial charge in [-0.2, -0.15) is 0 Å². The normalized spacial score (nSPS) is 35.5. The predicted octanol–water partition coefficient (Wildman–Crippen LogP) is 4.80. The van der Waals surface area contributed by atoms with Gasteiger partial charge in [-0.3, -0.25) is 0 Å². The Labute approximate surface area is 129 Å². The van der Waals surface area contributed by atoms with Gasteiger partial charge in [0.05, 0.1) is 6.10 Å². The van der Waals surface area contributed by atoms with Gasteiger partial charge in [-0.15, -0.1) is 0 Å². The average Bonchev–Trinajstić information content (AvgIpc) is 2.63. The molecule has 21 heavy (non-hydrogen) atoms. The predicted molar refractivity (Wildman–Crippen MR) is 87.4 cm³/mol. The summed E-state index contributed by atoms with van der Waals surface area (Å²) in [6, 6.07) is 2.88. The second-order valence-electron chi connectivity index (χ2n) is 8.69. The zero-order valence-electron chi connectivity index (χ0n) is 14.3. The third kappa shape index (κ3) is 2.79. The van der Waals surface area contributed by atoms with Crippen LogP contribution in [0.1, 0.15) is 82.5 Å². The van der Waals surface area contributed by atoms with Gasteiger partial charge in [-0.05, 0) is 62.3 Å². The molecule has 1 N–H and O–H groups in total. The highest BCUT2D eigenvalue weighted by atomic mass is 16.3. The van der Waals surface area contributed by atoms with Gasteiger partial charge in [0.25, 0.3) is 0 Å². The van der Waals surface area contributed by atoms with Crippen LogP contribution >= 0.6 is 0 Å². The highest BCUT2D eigenvalue weighted by molar-refractivity contribution is 5.34. The molecular weight excluding hydrogens is 258 g/mol. The molecule has 0 amide bonds. The van der Waals surface area contributed by atoms with Crippen molar-refractivity contribution in [1.82, 2.24) is 4.57 Å². The molecule has 0 radical (unpaired) electrons. The number of aryl methyl sites for hydroxylation is 1. The van der Waals surface area contributed by atoms with E-state index in [0.29, 0.717) is 6.04 Å². The molecule has 0 saturated heterocycles. The first-order valence-corrected chi connectivity index (χ1v) is 8.65. The summed E-state index contributed by atoms with van der Waals surface area (Å²) in [5.41, 5.74) is 4.18. The lowest BCUT2D eigenvalue weighted by atomic mass is 9.75. The maximum atomic E-state index is 10.5. The Morgan fingerprint density at radius 3 is 2.38 bits per heavy atom. The SMILES string of the molecule is Cc1cc2c(n1C1CC(C)CC(C)C1)CC(C)(C)CC2O. The van der Waals surface area contributed by atoms with Crippen LogP contribution in [-0.2, 0) is 6.42 Å². The van der Waals surface area contributed by atoms with Crippen molar-refractivity contribution in [2.24, 2.45) is 17.3 Å². The highest BCUT2D eigenvalue weighted by Gasteiger charge is 2.36. The molecule has 1 aromatic rings. The molecule has 3 atom stereocenters. The van der Waals surface area contributed by atoms with Gasteiger partial charge in [0, 0.05) is 23.0 Å². The monoisotopic (exact) mass is 289 g/mol. The van der Waals surface area contributed by atoms with E-state index < -0.39 is 0 Å². The summed E-state index contributed by atoms with van der Waals surface area (Å²) in [7, 11) is 0. The Bertz CT molecular complexity index is 518. The Hall–Kier alpha value is -0.760. The van der Waals surface area contributed by atoms with E-state index in [-0.39, 0.29) is 11.5 Å². The molecule has 2 aliphatic rings. The van der Waals surface area contributed by atoms with Crippen LogP contribution in [0, 0.1) is 24.2 Å². The molecule has 0 aliphatic heterocycles. The summed E-state index contributed by atoms with van der Waals surface area (Å²) < 4.78 is 2.59. The Kier molecular flexibility index (Phi) is 3.72. The molecule has 1 fully saturated rings. The molecule has 2 aliphatic carbocycles. The van der Waals surface area contributed by atoms with Gasteiger partial charge < -0.3 is 9.67 Å². The van der Waals surface area contributed by atoms with Gasteiger partial charge in [0.2, 0.25) is 0 Å². The Morgan fingerprint density at radius 2 is 1.76 bits per heavy atom. The molecule has 0 aromatic carbocycles. The number of nitrogens with zero attached hydrogens (tertiary/aromatic N) is 1. The smallest absolute Gasteiger partial charge is 0.0812 e. The van der Waals surface area contributed by atoms with Crippen LogP contribution in [-0.4, -0.2) is 9.67 Å². The van der Waals surface area contributed by atoms with Crippen LogP contribution in [0.5, 0.6) is 0 Å². The number of rotatable bonds is 1. The third-order valence-electron chi connectivity index (χ3n) is 5.64. The molecule has 0 bridgehead atoms. The van der Waals surface area contributed by atoms with E-state index >= 15 is 0 Å². The summed E-state index contributed by atoms with van der Waals surface area (Å²) in [5.74, 6) is 1.63. The largest absolute Gasteiger partial charge is 0.388 e. The van der Waals surface area contributed by atoms with E-state index in [9.17, 15) is 5.11 Å². The molecule has 0 spiro atoms. The summed E-state index contributed by atoms with van der Waals surface area (Å²) >= 11 is 0. The van der Waals surface area contributed by atoms with E-state index in [1.165, 1.54) is 36.2 Å². The van der Waals surface area contributed by atoms with Crippen molar-refractivity contribution in [3.63, 3.8) is 0 Å². The van der Waals surface area contributed by atoms with Crippen molar-refractivity contribution in [3.05, 3.63) is 23.0 Å². The fourth-order valence-electron chi connectivity index (χ4n) is 4.99. The fourth-order valence-corrected chi connectivity index (χ4v) is 4.99. The van der Waals surface area contributed by atoms with Gasteiger partial charge in [-0.1, -0.05) is 27.7 Å². The minimum absolute atomic E-state index is 0.209. The quantitative estimate of drug-likeness (QED) is 0.789. The fraction of sp³-hybridized carbons (Fsp3) is 0.789. The summed E-state index contributed by atoms with van der Waals surface area (Å²) in [6.45, 7) is 11.6. The van der Waals surface area contributed by atoms with Crippen LogP contribution in [0.3, 0.4) is 0 Å². The molecule has 1 saturated carbocycles. The van der Waals surface area contributed by atoms with Crippen molar-refractivity contribution in [3.8, 4) is 0 Å². The first kappa shape index (κ1) is 15.1. The zero-order chi connectivity index (χ0) is 15.4. The van der Waals surface area contributed by atoms with E-state index in [1.54, 1.807) is 0 Å². The van der Waals surface area contributed by atoms with Crippen molar-refractivity contribution in [1.29, 1.82) is 0 Å². The van der Waals surface area contributed by atoms with E-state index in [0.717, 1.165) is 24.7 Å². The average molecular weight is 289 g/mol. The van der Waals surface area contributed by atoms with Gasteiger partial charge in [0.1, 0.15) is 0 Å². The third-order valence-corrected chi connectivity index (χ3v) is 5.64. The molecule has 3 rings (SSSR count). The molecule has 2 nitrogen and oxygen atoms in total. The van der Waals surface area contributed by atoms with E-state index in [2.05, 4.69) is 45.3 Å². The van der Waals surface area contributed by atoms with E-state index in [4.69, 9.17) is 0 Å². The van der Waals surface area contributed by atoms with Crippen LogP contribution in [0.2, 0.25) is 0 Å². The molecule has 1 heterocycles. The summed E-state index contributed by atoms with van der Waals surface area (Å²) in [5, 5.41) is 10.5. The number of fused-ring (bicyclic) bond motifs is 1. The molecule has 1 aromatic heterocycles. The standard InChI is InChI=1S/C19H31NO/c1-12-6-13(2)8-15(7-12)20-14(3)9-16-17(20)10-19(4,5)11-18(16)21/h9,12-13,15,18,21H,6-8,10-11H2,1-5H3. The highest BCUT2D eigenvalue weighted by Crippen LogP contribution is 2.45. The van der Waals surface area contributed by atoms with Crippen LogP contribution < -0.4 is 0 Å². The molecule has 118 valence electrons. The topological polar surface area (TPSA) is 25.2 Å². The first-order valence-electron chi connectivity index (χ1n) is 8.65. The number of hydrogen-bond acceptors (Lipinski definition) is 1. The number of hydrogen-bond donors (Lipinski definition) is 1. The van der Waals surface area contributed by atoms with Gasteiger partial charge >= 0.3 is 0 Å². The summed E-state index contributed by atoms with van der Waals surface area (Å²) in [6.07, 6.45) is 5.67. The molecular formula is C19H31NO. The molecule has 2 heteroatoms. The second kappa shape index (κ2) is 5.15. The lowest BCUT2D eigenvalue weighted by Crippen LogP contribution is -2.30. The van der Waals surface area contributed by atoms with Crippen LogP contribution in [0.15, 0.2) is 6.07 Å². The number of aliphatic hydroxyl groups excluding tert-OH is 1. The minimum Gasteiger partial charge on any atom is -0.388 e. The minimum atomic E-state index is -0.276. The number of aromatic nitrogens is 1. The van der Waals surface area contributed by atoms with Gasteiger partial charge in [0.15, 0.2) is 0 Å². The van der Waals surface area contributed by atoms with Crippen LogP contribution in [0.25, 0.3) is 0 Å². The number of aliphatic hydroxyl groups is 1. The molecule has 3 unspecified atom stereocenters. The first-order chi connectivity index (χ1) is 9.77. The maximum absolute atomic E-state index is 10.5. The lowest BCUT2D eigenvalue weighted by Gasteiger charge is -2.38. The lowest BCUT2D eigenvalue weighted by molar-refractivity contribution is 0.0961. The van der Waals surface area contributed by atoms with Crippen molar-refractivity contribution in [2.75, 3.05) is 0 Å². The summed E-state index contributed by atoms with van der Waals surface area (Å²) in [4.78, 5) is 0. The van der Waals surface area contributed by atoms with Crippen molar-refractivity contribution >= 4 is 0 Å². The zero-order valence-corrected chi connectivity index (χ0v) is 14.3. The van der Waals surface area contributed by atoms with Gasteiger partial charge in [-0.25, -0.2) is 0 Å². The maximum Gasteiger partial charge on any atom is 0.0812 e. The van der Waals surface area contributed by atoms with Crippen molar-refractivity contribution in [2.45, 2.75) is 78.9 Å². The van der Waals surface area contributed by atoms with E-state index in [1.807, 2.05) is 0 Å².